The summed E-state index contributed by atoms with van der Waals surface area (Å²) in [5.74, 6) is -2.70. The molecule has 158 valence electrons. The highest BCUT2D eigenvalue weighted by Crippen LogP contribution is 2.29. The van der Waals surface area contributed by atoms with E-state index in [0.717, 1.165) is 4.90 Å². The van der Waals surface area contributed by atoms with Crippen molar-refractivity contribution in [3.05, 3.63) is 34.1 Å². The Labute approximate surface area is 176 Å². The molecule has 1 saturated heterocycles. The van der Waals surface area contributed by atoms with E-state index in [4.69, 9.17) is 5.11 Å². The molecule has 0 saturated carbocycles. The van der Waals surface area contributed by atoms with Gasteiger partial charge in [-0.3, -0.25) is 19.3 Å². The van der Waals surface area contributed by atoms with Crippen LogP contribution < -0.4 is 10.6 Å². The van der Waals surface area contributed by atoms with E-state index in [0.29, 0.717) is 4.47 Å². The molecule has 1 heterocycles. The Morgan fingerprint density at radius 3 is 2.62 bits per heavy atom. The second-order valence-electron chi connectivity index (χ2n) is 7.15. The van der Waals surface area contributed by atoms with Crippen molar-refractivity contribution >= 4 is 39.6 Å². The summed E-state index contributed by atoms with van der Waals surface area (Å²) in [5.41, 5.74) is -1.33. The number of halogens is 2. The van der Waals surface area contributed by atoms with Crippen LogP contribution in [0.4, 0.5) is 9.18 Å². The molecule has 10 heteroatoms. The van der Waals surface area contributed by atoms with Gasteiger partial charge in [0.15, 0.2) is 5.78 Å². The molecule has 1 atom stereocenters. The van der Waals surface area contributed by atoms with E-state index in [1.54, 1.807) is 19.9 Å². The van der Waals surface area contributed by atoms with Gasteiger partial charge < -0.3 is 15.7 Å². The minimum absolute atomic E-state index is 0.0239. The maximum Gasteiger partial charge on any atom is 0.325 e. The normalized spacial score (nSPS) is 18.9. The number of amides is 4. The number of Topliss-reactive ketones (excluding diaryl/α,β-unsaturated/α-hetero) is 1. The van der Waals surface area contributed by atoms with Crippen LogP contribution >= 0.6 is 15.9 Å². The Morgan fingerprint density at radius 2 is 2.03 bits per heavy atom. The number of carbonyl (C=O) groups excluding carboxylic acids is 4. The Morgan fingerprint density at radius 1 is 1.34 bits per heavy atom. The van der Waals surface area contributed by atoms with Crippen molar-refractivity contribution < 1.29 is 28.7 Å². The first-order valence-corrected chi connectivity index (χ1v) is 9.87. The number of aliphatic hydroxyl groups is 1. The third kappa shape index (κ3) is 5.18. The molecule has 1 aliphatic heterocycles. The lowest BCUT2D eigenvalue weighted by molar-refractivity contribution is -0.138. The first-order valence-electron chi connectivity index (χ1n) is 9.08. The number of hydrogen-bond acceptors (Lipinski definition) is 5. The van der Waals surface area contributed by atoms with Crippen LogP contribution in [0.3, 0.4) is 0 Å². The molecular formula is C19H23BrFN3O5. The zero-order valence-electron chi connectivity index (χ0n) is 16.1. The van der Waals surface area contributed by atoms with Crippen LogP contribution in [0, 0.1) is 11.7 Å². The zero-order chi connectivity index (χ0) is 21.8. The quantitative estimate of drug-likeness (QED) is 0.467. The van der Waals surface area contributed by atoms with Crippen molar-refractivity contribution in [2.24, 2.45) is 5.92 Å². The average Bonchev–Trinajstić information content (AvgIpc) is 2.87. The summed E-state index contributed by atoms with van der Waals surface area (Å²) in [6.45, 7) is 2.61. The minimum Gasteiger partial charge on any atom is -0.395 e. The third-order valence-corrected chi connectivity index (χ3v) is 5.29. The molecule has 0 bridgehead atoms. The highest BCUT2D eigenvalue weighted by Gasteiger charge is 2.54. The maximum absolute atomic E-state index is 13.9. The van der Waals surface area contributed by atoms with Gasteiger partial charge in [0.05, 0.1) is 19.6 Å². The Bertz CT molecular complexity index is 832. The number of ketones is 1. The van der Waals surface area contributed by atoms with Crippen LogP contribution in [0.5, 0.6) is 0 Å². The van der Waals surface area contributed by atoms with Gasteiger partial charge in [0.1, 0.15) is 11.4 Å². The summed E-state index contributed by atoms with van der Waals surface area (Å²) >= 11 is 3.13. The summed E-state index contributed by atoms with van der Waals surface area (Å²) in [7, 11) is 0. The Balaban J connectivity index is 2.13. The lowest BCUT2D eigenvalue weighted by atomic mass is 9.82. The van der Waals surface area contributed by atoms with Gasteiger partial charge in [-0.05, 0) is 23.6 Å². The number of aliphatic hydroxyl groups excluding tert-OH is 1. The smallest absolute Gasteiger partial charge is 0.325 e. The van der Waals surface area contributed by atoms with Crippen molar-refractivity contribution in [2.75, 3.05) is 19.7 Å². The molecule has 4 amide bonds. The van der Waals surface area contributed by atoms with Crippen molar-refractivity contribution in [3.8, 4) is 0 Å². The fourth-order valence-electron chi connectivity index (χ4n) is 3.12. The molecule has 1 aromatic rings. The second kappa shape index (κ2) is 9.45. The number of hydrogen-bond donors (Lipinski definition) is 3. The fourth-order valence-corrected chi connectivity index (χ4v) is 3.46. The van der Waals surface area contributed by atoms with E-state index >= 15 is 0 Å². The molecule has 1 unspecified atom stereocenters. The van der Waals surface area contributed by atoms with Gasteiger partial charge >= 0.3 is 6.03 Å². The van der Waals surface area contributed by atoms with Crippen LogP contribution in [-0.2, 0) is 20.8 Å². The molecule has 29 heavy (non-hydrogen) atoms. The van der Waals surface area contributed by atoms with Crippen molar-refractivity contribution in [1.82, 2.24) is 15.5 Å². The van der Waals surface area contributed by atoms with Gasteiger partial charge in [-0.1, -0.05) is 35.8 Å². The number of imide groups is 1. The van der Waals surface area contributed by atoms with Gasteiger partial charge in [0.25, 0.3) is 5.91 Å². The summed E-state index contributed by atoms with van der Waals surface area (Å²) in [6.07, 6.45) is -0.594. The van der Waals surface area contributed by atoms with Crippen LogP contribution in [0.1, 0.15) is 25.8 Å². The Kier molecular flexibility index (Phi) is 7.48. The molecule has 1 aliphatic rings. The monoisotopic (exact) mass is 471 g/mol. The Hall–Kier alpha value is -2.33. The van der Waals surface area contributed by atoms with Crippen LogP contribution in [0.2, 0.25) is 0 Å². The summed E-state index contributed by atoms with van der Waals surface area (Å²) < 4.78 is 14.5. The van der Waals surface area contributed by atoms with E-state index in [2.05, 4.69) is 26.6 Å². The number of nitrogens with one attached hydrogen (secondary N) is 2. The average molecular weight is 472 g/mol. The number of urea groups is 1. The minimum atomic E-state index is -1.49. The topological polar surface area (TPSA) is 116 Å². The predicted molar refractivity (Wildman–Crippen MR) is 105 cm³/mol. The molecular weight excluding hydrogens is 449 g/mol. The fraction of sp³-hybridized carbons (Fsp3) is 0.474. The molecule has 1 fully saturated rings. The van der Waals surface area contributed by atoms with E-state index < -0.39 is 47.4 Å². The van der Waals surface area contributed by atoms with Gasteiger partial charge in [0.2, 0.25) is 5.91 Å². The first kappa shape index (κ1) is 23.0. The van der Waals surface area contributed by atoms with E-state index in [1.807, 2.05) is 0 Å². The first-order chi connectivity index (χ1) is 13.6. The molecule has 8 nitrogen and oxygen atoms in total. The van der Waals surface area contributed by atoms with Crippen molar-refractivity contribution in [1.29, 1.82) is 0 Å². The van der Waals surface area contributed by atoms with Gasteiger partial charge in [-0.2, -0.15) is 0 Å². The highest BCUT2D eigenvalue weighted by atomic mass is 79.9. The zero-order valence-corrected chi connectivity index (χ0v) is 17.7. The summed E-state index contributed by atoms with van der Waals surface area (Å²) in [4.78, 5) is 50.6. The SMILES string of the molecule is CC(C)C1(CC(=O)NCCO)NC(=O)N(CC(=O)Cc2ccc(Br)cc2F)C1=O. The number of benzene rings is 1. The molecule has 2 rings (SSSR count). The van der Waals surface area contributed by atoms with E-state index in [-0.39, 0.29) is 31.6 Å². The molecule has 3 N–H and O–H groups in total. The maximum atomic E-state index is 13.9. The second-order valence-corrected chi connectivity index (χ2v) is 8.06. The molecule has 0 aliphatic carbocycles. The predicted octanol–water partition coefficient (Wildman–Crippen LogP) is 1.15. The van der Waals surface area contributed by atoms with Crippen LogP contribution in [-0.4, -0.2) is 58.9 Å². The number of nitrogens with zero attached hydrogens (tertiary/aromatic N) is 1. The van der Waals surface area contributed by atoms with E-state index in [9.17, 15) is 23.6 Å². The molecule has 0 radical (unpaired) electrons. The standard InChI is InChI=1S/C19H23BrFN3O5/c1-11(2)19(9-16(27)22-5-6-25)17(28)24(18(29)23-19)10-14(26)7-12-3-4-13(20)8-15(12)21/h3-4,8,11,25H,5-7,9-10H2,1-2H3,(H,22,27)(H,23,29). The largest absolute Gasteiger partial charge is 0.395 e. The van der Waals surface area contributed by atoms with Crippen LogP contribution in [0.25, 0.3) is 0 Å². The number of carbonyl (C=O) groups is 4. The van der Waals surface area contributed by atoms with E-state index in [1.165, 1.54) is 12.1 Å². The van der Waals surface area contributed by atoms with Crippen LogP contribution in [0.15, 0.2) is 22.7 Å². The van der Waals surface area contributed by atoms with Gasteiger partial charge in [-0.15, -0.1) is 0 Å². The molecule has 0 spiro atoms. The lowest BCUT2D eigenvalue weighted by Crippen LogP contribution is -2.54. The third-order valence-electron chi connectivity index (χ3n) is 4.80. The molecule has 1 aromatic carbocycles. The van der Waals surface area contributed by atoms with Gasteiger partial charge in [-0.25, -0.2) is 9.18 Å². The summed E-state index contributed by atoms with van der Waals surface area (Å²) in [5, 5.41) is 13.8. The van der Waals surface area contributed by atoms with Crippen molar-refractivity contribution in [2.45, 2.75) is 32.2 Å². The van der Waals surface area contributed by atoms with Crippen molar-refractivity contribution in [3.63, 3.8) is 0 Å². The van der Waals surface area contributed by atoms with Gasteiger partial charge in [0, 0.05) is 17.4 Å². The molecule has 0 aromatic heterocycles. The number of rotatable bonds is 9. The lowest BCUT2D eigenvalue weighted by Gasteiger charge is -2.30. The highest BCUT2D eigenvalue weighted by molar-refractivity contribution is 9.10. The summed E-state index contributed by atoms with van der Waals surface area (Å²) in [6, 6.07) is 3.50.